The van der Waals surface area contributed by atoms with Crippen LogP contribution in [0.3, 0.4) is 0 Å². The molecule has 1 aromatic rings. The Kier molecular flexibility index (Phi) is 7.32. The van der Waals surface area contributed by atoms with Crippen molar-refractivity contribution in [2.24, 2.45) is 0 Å². The number of benzene rings is 1. The maximum atomic E-state index is 13.1. The summed E-state index contributed by atoms with van der Waals surface area (Å²) in [5.41, 5.74) is 0.865. The van der Waals surface area contributed by atoms with Crippen LogP contribution in [-0.2, 0) is 9.59 Å². The first kappa shape index (κ1) is 21.8. The van der Waals surface area contributed by atoms with Crippen molar-refractivity contribution < 1.29 is 19.4 Å². The van der Waals surface area contributed by atoms with E-state index in [-0.39, 0.29) is 24.5 Å². The van der Waals surface area contributed by atoms with Crippen LogP contribution in [0.4, 0.5) is 0 Å². The van der Waals surface area contributed by atoms with Crippen molar-refractivity contribution in [2.75, 3.05) is 20.3 Å². The van der Waals surface area contributed by atoms with Crippen LogP contribution in [0.25, 0.3) is 6.08 Å². The molecule has 3 rings (SSSR count). The number of carbonyl (C=O) groups is 2. The molecular formula is C21H26N2O4S2. The molecule has 0 saturated carbocycles. The fraction of sp³-hybridized carbons (Fsp3) is 0.476. The molecule has 2 aliphatic heterocycles. The molecule has 1 aromatic carbocycles. The van der Waals surface area contributed by atoms with Crippen molar-refractivity contribution in [3.63, 3.8) is 0 Å². The minimum Gasteiger partial charge on any atom is -0.497 e. The predicted molar refractivity (Wildman–Crippen MR) is 119 cm³/mol. The standard InChI is InChI=1S/C21H26N2O4S2/c1-14(19(25)22-11-4-3-5-16(22)10-12-24)23-20(26)18(29-21(23)28)13-15-6-8-17(27-2)9-7-15/h6-9,13-14,16,24H,3-5,10-12H2,1-2H3/b18-13-/t14-,16-/m0/s1. The average molecular weight is 435 g/mol. The molecule has 6 nitrogen and oxygen atoms in total. The van der Waals surface area contributed by atoms with Crippen LogP contribution in [-0.4, -0.2) is 63.4 Å². The lowest BCUT2D eigenvalue weighted by atomic mass is 9.98. The van der Waals surface area contributed by atoms with Gasteiger partial charge in [0.25, 0.3) is 5.91 Å². The topological polar surface area (TPSA) is 70.1 Å². The van der Waals surface area contributed by atoms with Crippen molar-refractivity contribution in [2.45, 2.75) is 44.7 Å². The van der Waals surface area contributed by atoms with Gasteiger partial charge >= 0.3 is 0 Å². The molecular weight excluding hydrogens is 408 g/mol. The summed E-state index contributed by atoms with van der Waals surface area (Å²) in [5, 5.41) is 9.32. The van der Waals surface area contributed by atoms with Crippen LogP contribution < -0.4 is 4.74 Å². The van der Waals surface area contributed by atoms with Crippen LogP contribution >= 0.6 is 24.0 Å². The van der Waals surface area contributed by atoms with Crippen LogP contribution in [0.5, 0.6) is 5.75 Å². The van der Waals surface area contributed by atoms with Gasteiger partial charge in [0, 0.05) is 19.2 Å². The van der Waals surface area contributed by atoms with E-state index in [4.69, 9.17) is 17.0 Å². The Bertz CT molecular complexity index is 807. The van der Waals surface area contributed by atoms with E-state index < -0.39 is 6.04 Å². The lowest BCUT2D eigenvalue weighted by molar-refractivity contribution is -0.142. The first-order valence-corrected chi connectivity index (χ1v) is 11.0. The highest BCUT2D eigenvalue weighted by Gasteiger charge is 2.40. The van der Waals surface area contributed by atoms with E-state index >= 15 is 0 Å². The van der Waals surface area contributed by atoms with E-state index in [1.165, 1.54) is 16.7 Å². The lowest BCUT2D eigenvalue weighted by Crippen LogP contribution is -2.53. The van der Waals surface area contributed by atoms with Crippen molar-refractivity contribution in [3.05, 3.63) is 34.7 Å². The number of hydrogen-bond donors (Lipinski definition) is 1. The number of thioether (sulfide) groups is 1. The molecule has 2 saturated heterocycles. The molecule has 29 heavy (non-hydrogen) atoms. The lowest BCUT2D eigenvalue weighted by Gasteiger charge is -2.38. The van der Waals surface area contributed by atoms with Gasteiger partial charge < -0.3 is 14.7 Å². The summed E-state index contributed by atoms with van der Waals surface area (Å²) in [5.74, 6) is 0.394. The quantitative estimate of drug-likeness (QED) is 0.548. The summed E-state index contributed by atoms with van der Waals surface area (Å²) >= 11 is 6.64. The minimum absolute atomic E-state index is 0.0249. The summed E-state index contributed by atoms with van der Waals surface area (Å²) < 4.78 is 5.55. The number of methoxy groups -OCH3 is 1. The molecule has 2 amide bonds. The van der Waals surface area contributed by atoms with Gasteiger partial charge in [-0.05, 0) is 56.4 Å². The van der Waals surface area contributed by atoms with E-state index in [2.05, 4.69) is 0 Å². The van der Waals surface area contributed by atoms with Gasteiger partial charge in [-0.15, -0.1) is 0 Å². The van der Waals surface area contributed by atoms with Gasteiger partial charge in [0.1, 0.15) is 16.1 Å². The largest absolute Gasteiger partial charge is 0.497 e. The Morgan fingerprint density at radius 3 is 2.76 bits per heavy atom. The SMILES string of the molecule is COc1ccc(/C=C2\SC(=S)N([C@@H](C)C(=O)N3CCCC[C@H]3CCO)C2=O)cc1. The van der Waals surface area contributed by atoms with Crippen LogP contribution in [0.1, 0.15) is 38.2 Å². The van der Waals surface area contributed by atoms with Gasteiger partial charge in [0.15, 0.2) is 0 Å². The second-order valence-electron chi connectivity index (χ2n) is 7.19. The summed E-state index contributed by atoms with van der Waals surface area (Å²) in [4.78, 5) is 29.9. The molecule has 0 bridgehead atoms. The number of piperidine rings is 1. The van der Waals surface area contributed by atoms with E-state index in [0.29, 0.717) is 22.2 Å². The smallest absolute Gasteiger partial charge is 0.266 e. The highest BCUT2D eigenvalue weighted by atomic mass is 32.2. The third-order valence-electron chi connectivity index (χ3n) is 5.35. The van der Waals surface area contributed by atoms with Gasteiger partial charge in [-0.1, -0.05) is 36.1 Å². The Hall–Kier alpha value is -1.90. The number of rotatable bonds is 6. The zero-order valence-electron chi connectivity index (χ0n) is 16.7. The van der Waals surface area contributed by atoms with Gasteiger partial charge in [0.2, 0.25) is 5.91 Å². The highest BCUT2D eigenvalue weighted by Crippen LogP contribution is 2.35. The number of likely N-dealkylation sites (tertiary alicyclic amines) is 1. The van der Waals surface area contributed by atoms with Crippen molar-refractivity contribution in [3.8, 4) is 5.75 Å². The zero-order chi connectivity index (χ0) is 21.0. The predicted octanol–water partition coefficient (Wildman–Crippen LogP) is 3.05. The highest BCUT2D eigenvalue weighted by molar-refractivity contribution is 8.26. The Labute approximate surface area is 180 Å². The maximum Gasteiger partial charge on any atom is 0.266 e. The first-order chi connectivity index (χ1) is 14.0. The molecule has 0 aromatic heterocycles. The monoisotopic (exact) mass is 434 g/mol. The molecule has 0 aliphatic carbocycles. The molecule has 1 N–H and O–H groups in total. The molecule has 2 aliphatic rings. The minimum atomic E-state index is -0.663. The molecule has 156 valence electrons. The number of thiocarbonyl (C=S) groups is 1. The number of carbonyl (C=O) groups excluding carboxylic acids is 2. The Morgan fingerprint density at radius 2 is 2.10 bits per heavy atom. The van der Waals surface area contributed by atoms with Crippen molar-refractivity contribution >= 4 is 46.2 Å². The Balaban J connectivity index is 1.75. The second-order valence-corrected chi connectivity index (χ2v) is 8.87. The summed E-state index contributed by atoms with van der Waals surface area (Å²) in [6.07, 6.45) is 5.22. The molecule has 0 unspecified atom stereocenters. The Morgan fingerprint density at radius 1 is 1.38 bits per heavy atom. The third-order valence-corrected chi connectivity index (χ3v) is 6.68. The molecule has 2 fully saturated rings. The van der Waals surface area contributed by atoms with Crippen LogP contribution in [0.15, 0.2) is 29.2 Å². The molecule has 0 spiro atoms. The van der Waals surface area contributed by atoms with Gasteiger partial charge in [-0.3, -0.25) is 14.5 Å². The molecule has 2 heterocycles. The fourth-order valence-electron chi connectivity index (χ4n) is 3.76. The number of aliphatic hydroxyl groups is 1. The summed E-state index contributed by atoms with van der Waals surface area (Å²) in [6.45, 7) is 2.44. The van der Waals surface area contributed by atoms with E-state index in [0.717, 1.165) is 30.6 Å². The average Bonchev–Trinajstić information content (AvgIpc) is 3.01. The second kappa shape index (κ2) is 9.73. The van der Waals surface area contributed by atoms with Gasteiger partial charge in [0.05, 0.1) is 12.0 Å². The van der Waals surface area contributed by atoms with Gasteiger partial charge in [-0.25, -0.2) is 0 Å². The van der Waals surface area contributed by atoms with Gasteiger partial charge in [-0.2, -0.15) is 0 Å². The normalized spacial score (nSPS) is 22.3. The number of nitrogens with zero attached hydrogens (tertiary/aromatic N) is 2. The maximum absolute atomic E-state index is 13.1. The third kappa shape index (κ3) is 4.82. The van der Waals surface area contributed by atoms with Crippen molar-refractivity contribution in [1.82, 2.24) is 9.80 Å². The number of amides is 2. The summed E-state index contributed by atoms with van der Waals surface area (Å²) in [7, 11) is 1.60. The molecule has 0 radical (unpaired) electrons. The first-order valence-electron chi connectivity index (χ1n) is 9.78. The fourth-order valence-corrected chi connectivity index (χ4v) is 5.17. The van der Waals surface area contributed by atoms with E-state index in [1.807, 2.05) is 29.2 Å². The van der Waals surface area contributed by atoms with Crippen LogP contribution in [0.2, 0.25) is 0 Å². The molecule has 8 heteroatoms. The zero-order valence-corrected chi connectivity index (χ0v) is 18.3. The number of ether oxygens (including phenoxy) is 1. The van der Waals surface area contributed by atoms with Crippen molar-refractivity contribution in [1.29, 1.82) is 0 Å². The van der Waals surface area contributed by atoms with E-state index in [1.54, 1.807) is 20.1 Å². The number of aliphatic hydroxyl groups excluding tert-OH is 1. The van der Waals surface area contributed by atoms with Crippen LogP contribution in [0, 0.1) is 0 Å². The van der Waals surface area contributed by atoms with E-state index in [9.17, 15) is 14.7 Å². The number of hydrogen-bond acceptors (Lipinski definition) is 6. The molecule has 2 atom stereocenters. The summed E-state index contributed by atoms with van der Waals surface area (Å²) in [6, 6.07) is 6.76.